The van der Waals surface area contributed by atoms with E-state index in [9.17, 15) is 0 Å². The molecule has 0 spiro atoms. The van der Waals surface area contributed by atoms with Crippen LogP contribution in [0.25, 0.3) is 0 Å². The molecule has 1 aromatic heterocycles. The van der Waals surface area contributed by atoms with Crippen LogP contribution in [-0.2, 0) is 13.1 Å². The summed E-state index contributed by atoms with van der Waals surface area (Å²) in [6, 6.07) is 3.97. The summed E-state index contributed by atoms with van der Waals surface area (Å²) in [5.74, 6) is 1.41. The molecule has 2 rings (SSSR count). The van der Waals surface area contributed by atoms with E-state index in [1.165, 1.54) is 0 Å². The number of benzene rings is 1. The number of anilines is 1. The summed E-state index contributed by atoms with van der Waals surface area (Å²) in [4.78, 5) is 0. The predicted octanol–water partition coefficient (Wildman–Crippen LogP) is 3.29. The average molecular weight is 340 g/mol. The number of rotatable bonds is 6. The molecule has 0 unspecified atom stereocenters. The zero-order chi connectivity index (χ0) is 14.5. The normalized spacial score (nSPS) is 10.4. The predicted molar refractivity (Wildman–Crippen MR) is 82.5 cm³/mol. The standard InChI is InChI=1S/C14H18BrN3O2/c1-4-18-9-11(8-17-18)16-7-10-5-12(15)14(20-3)13(6-10)19-2/h5-6,8-9,16H,4,7H2,1-3H3. The highest BCUT2D eigenvalue weighted by Gasteiger charge is 2.10. The molecular weight excluding hydrogens is 322 g/mol. The quantitative estimate of drug-likeness (QED) is 0.877. The molecule has 108 valence electrons. The lowest BCUT2D eigenvalue weighted by atomic mass is 10.2. The molecule has 0 aliphatic heterocycles. The van der Waals surface area contributed by atoms with Crippen LogP contribution in [0, 0.1) is 0 Å². The van der Waals surface area contributed by atoms with Gasteiger partial charge in [0.05, 0.1) is 30.6 Å². The van der Waals surface area contributed by atoms with Crippen LogP contribution in [0.1, 0.15) is 12.5 Å². The van der Waals surface area contributed by atoms with Crippen molar-refractivity contribution in [1.29, 1.82) is 0 Å². The summed E-state index contributed by atoms with van der Waals surface area (Å²) in [6.07, 6.45) is 3.80. The van der Waals surface area contributed by atoms with Crippen molar-refractivity contribution in [3.8, 4) is 11.5 Å². The van der Waals surface area contributed by atoms with Crippen molar-refractivity contribution in [2.75, 3.05) is 19.5 Å². The second-order valence-corrected chi connectivity index (χ2v) is 5.11. The third-order valence-electron chi connectivity index (χ3n) is 2.95. The van der Waals surface area contributed by atoms with Gasteiger partial charge in [-0.25, -0.2) is 0 Å². The first-order chi connectivity index (χ1) is 9.67. The van der Waals surface area contributed by atoms with Gasteiger partial charge in [0.2, 0.25) is 0 Å². The molecule has 2 aromatic rings. The van der Waals surface area contributed by atoms with Gasteiger partial charge in [-0.3, -0.25) is 4.68 Å². The van der Waals surface area contributed by atoms with Gasteiger partial charge < -0.3 is 14.8 Å². The van der Waals surface area contributed by atoms with Crippen LogP contribution >= 0.6 is 15.9 Å². The van der Waals surface area contributed by atoms with E-state index in [1.807, 2.05) is 29.2 Å². The Labute approximate surface area is 127 Å². The fourth-order valence-electron chi connectivity index (χ4n) is 1.91. The molecule has 0 saturated carbocycles. The fourth-order valence-corrected chi connectivity index (χ4v) is 2.56. The van der Waals surface area contributed by atoms with E-state index in [2.05, 4.69) is 33.3 Å². The smallest absolute Gasteiger partial charge is 0.174 e. The van der Waals surface area contributed by atoms with Gasteiger partial charge in [-0.15, -0.1) is 0 Å². The molecule has 0 atom stereocenters. The summed E-state index contributed by atoms with van der Waals surface area (Å²) in [5.41, 5.74) is 2.09. The molecule has 1 N–H and O–H groups in total. The SMILES string of the molecule is CCn1cc(NCc2cc(Br)c(OC)c(OC)c2)cn1. The van der Waals surface area contributed by atoms with E-state index < -0.39 is 0 Å². The first-order valence-corrected chi connectivity index (χ1v) is 7.14. The van der Waals surface area contributed by atoms with Crippen molar-refractivity contribution in [3.05, 3.63) is 34.6 Å². The van der Waals surface area contributed by atoms with Gasteiger partial charge in [0.25, 0.3) is 0 Å². The molecule has 0 bridgehead atoms. The number of nitrogens with one attached hydrogen (secondary N) is 1. The molecule has 6 heteroatoms. The highest BCUT2D eigenvalue weighted by Crippen LogP contribution is 2.36. The molecule has 1 aromatic carbocycles. The molecule has 0 aliphatic carbocycles. The summed E-state index contributed by atoms with van der Waals surface area (Å²) >= 11 is 3.49. The van der Waals surface area contributed by atoms with E-state index >= 15 is 0 Å². The maximum Gasteiger partial charge on any atom is 0.174 e. The van der Waals surface area contributed by atoms with Gasteiger partial charge in [-0.05, 0) is 40.5 Å². The molecular formula is C14H18BrN3O2. The highest BCUT2D eigenvalue weighted by molar-refractivity contribution is 9.10. The van der Waals surface area contributed by atoms with Crippen molar-refractivity contribution >= 4 is 21.6 Å². The van der Waals surface area contributed by atoms with Crippen molar-refractivity contribution < 1.29 is 9.47 Å². The Morgan fingerprint density at radius 3 is 2.70 bits per heavy atom. The number of aromatic nitrogens is 2. The minimum absolute atomic E-state index is 0.689. The fraction of sp³-hybridized carbons (Fsp3) is 0.357. The molecule has 0 saturated heterocycles. The Morgan fingerprint density at radius 1 is 1.30 bits per heavy atom. The van der Waals surface area contributed by atoms with E-state index in [1.54, 1.807) is 14.2 Å². The van der Waals surface area contributed by atoms with Crippen molar-refractivity contribution in [1.82, 2.24) is 9.78 Å². The number of aryl methyl sites for hydroxylation is 1. The van der Waals surface area contributed by atoms with Crippen LogP contribution in [-0.4, -0.2) is 24.0 Å². The number of ether oxygens (including phenoxy) is 2. The lowest BCUT2D eigenvalue weighted by Gasteiger charge is -2.12. The largest absolute Gasteiger partial charge is 0.493 e. The third-order valence-corrected chi connectivity index (χ3v) is 3.54. The van der Waals surface area contributed by atoms with Crippen LogP contribution in [0.5, 0.6) is 11.5 Å². The molecule has 1 heterocycles. The maximum absolute atomic E-state index is 5.33. The van der Waals surface area contributed by atoms with E-state index in [0.717, 1.165) is 22.3 Å². The summed E-state index contributed by atoms with van der Waals surface area (Å²) in [6.45, 7) is 3.61. The third kappa shape index (κ3) is 3.25. The zero-order valence-electron chi connectivity index (χ0n) is 11.8. The van der Waals surface area contributed by atoms with Crippen LogP contribution in [0.2, 0.25) is 0 Å². The number of hydrogen-bond donors (Lipinski definition) is 1. The first kappa shape index (κ1) is 14.7. The average Bonchev–Trinajstić information content (AvgIpc) is 2.92. The monoisotopic (exact) mass is 339 g/mol. The summed E-state index contributed by atoms with van der Waals surface area (Å²) in [5, 5.41) is 7.56. The minimum Gasteiger partial charge on any atom is -0.493 e. The molecule has 0 radical (unpaired) electrons. The Bertz CT molecular complexity index is 584. The number of hydrogen-bond acceptors (Lipinski definition) is 4. The van der Waals surface area contributed by atoms with Gasteiger partial charge >= 0.3 is 0 Å². The lowest BCUT2D eigenvalue weighted by molar-refractivity contribution is 0.352. The van der Waals surface area contributed by atoms with Crippen LogP contribution in [0.15, 0.2) is 29.0 Å². The van der Waals surface area contributed by atoms with E-state index in [-0.39, 0.29) is 0 Å². The topological polar surface area (TPSA) is 48.3 Å². The number of methoxy groups -OCH3 is 2. The number of halogens is 1. The number of nitrogens with zero attached hydrogens (tertiary/aromatic N) is 2. The van der Waals surface area contributed by atoms with Gasteiger partial charge in [-0.2, -0.15) is 5.10 Å². The van der Waals surface area contributed by atoms with E-state index in [4.69, 9.17) is 9.47 Å². The highest BCUT2D eigenvalue weighted by atomic mass is 79.9. The first-order valence-electron chi connectivity index (χ1n) is 6.34. The second kappa shape index (κ2) is 6.65. The van der Waals surface area contributed by atoms with Crippen LogP contribution in [0.3, 0.4) is 0 Å². The van der Waals surface area contributed by atoms with E-state index in [0.29, 0.717) is 18.0 Å². The van der Waals surface area contributed by atoms with Gasteiger partial charge in [0.1, 0.15) is 0 Å². The van der Waals surface area contributed by atoms with Gasteiger partial charge in [-0.1, -0.05) is 0 Å². The molecule has 0 fully saturated rings. The summed E-state index contributed by atoms with van der Waals surface area (Å²) in [7, 11) is 3.26. The van der Waals surface area contributed by atoms with Crippen LogP contribution < -0.4 is 14.8 Å². The molecule has 5 nitrogen and oxygen atoms in total. The zero-order valence-corrected chi connectivity index (χ0v) is 13.4. The summed E-state index contributed by atoms with van der Waals surface area (Å²) < 4.78 is 13.4. The molecule has 0 amide bonds. The Morgan fingerprint density at radius 2 is 2.10 bits per heavy atom. The van der Waals surface area contributed by atoms with Crippen LogP contribution in [0.4, 0.5) is 5.69 Å². The second-order valence-electron chi connectivity index (χ2n) is 4.25. The molecule has 20 heavy (non-hydrogen) atoms. The Kier molecular flexibility index (Phi) is 4.89. The van der Waals surface area contributed by atoms with Crippen molar-refractivity contribution in [2.24, 2.45) is 0 Å². The Hall–Kier alpha value is -1.69. The van der Waals surface area contributed by atoms with Gasteiger partial charge in [0.15, 0.2) is 11.5 Å². The van der Waals surface area contributed by atoms with Gasteiger partial charge in [0, 0.05) is 19.3 Å². The maximum atomic E-state index is 5.33. The van der Waals surface area contributed by atoms with Crippen molar-refractivity contribution in [3.63, 3.8) is 0 Å². The minimum atomic E-state index is 0.689. The lowest BCUT2D eigenvalue weighted by Crippen LogP contribution is -2.00. The van der Waals surface area contributed by atoms with Crippen molar-refractivity contribution in [2.45, 2.75) is 20.0 Å². The Balaban J connectivity index is 2.11. The molecule has 0 aliphatic rings.